The predicted molar refractivity (Wildman–Crippen MR) is 62.5 cm³/mol. The largest absolute Gasteiger partial charge is 0.344 e. The monoisotopic (exact) mass is 247 g/mol. The van der Waals surface area contributed by atoms with E-state index in [0.29, 0.717) is 25.4 Å². The van der Waals surface area contributed by atoms with Gasteiger partial charge in [-0.25, -0.2) is 0 Å². The molecule has 0 saturated heterocycles. The molecule has 94 valence electrons. The fourth-order valence-electron chi connectivity index (χ4n) is 1.32. The average Bonchev–Trinajstić information content (AvgIpc) is 2.86. The Kier molecular flexibility index (Phi) is 3.98. The van der Waals surface area contributed by atoms with Gasteiger partial charge in [-0.15, -0.1) is 0 Å². The summed E-state index contributed by atoms with van der Waals surface area (Å²) >= 11 is 0. The van der Waals surface area contributed by atoms with Crippen LogP contribution in [0.1, 0.15) is 22.2 Å². The molecule has 7 heteroatoms. The molecule has 18 heavy (non-hydrogen) atoms. The molecule has 0 aromatic carbocycles. The number of carbonyl (C=O) groups excluding carboxylic acids is 1. The fourth-order valence-corrected chi connectivity index (χ4v) is 1.32. The highest BCUT2D eigenvalue weighted by Crippen LogP contribution is 1.98. The highest BCUT2D eigenvalue weighted by molar-refractivity contribution is 5.90. The molecule has 0 fully saturated rings. The number of amides is 1. The third kappa shape index (κ3) is 3.11. The van der Waals surface area contributed by atoms with Gasteiger partial charge < -0.3 is 15.6 Å². The lowest BCUT2D eigenvalue weighted by Crippen LogP contribution is -2.24. The van der Waals surface area contributed by atoms with Crippen molar-refractivity contribution in [2.24, 2.45) is 5.73 Å². The van der Waals surface area contributed by atoms with Crippen molar-refractivity contribution in [2.75, 3.05) is 6.54 Å². The third-order valence-corrected chi connectivity index (χ3v) is 2.19. The smallest absolute Gasteiger partial charge is 0.293 e. The Morgan fingerprint density at radius 3 is 3.06 bits per heavy atom. The van der Waals surface area contributed by atoms with Gasteiger partial charge in [-0.1, -0.05) is 11.2 Å². The normalized spacial score (nSPS) is 10.3. The van der Waals surface area contributed by atoms with Crippen LogP contribution in [0.5, 0.6) is 0 Å². The molecule has 2 heterocycles. The summed E-state index contributed by atoms with van der Waals surface area (Å²) in [5, 5.41) is 6.23. The minimum absolute atomic E-state index is 0.00869. The Morgan fingerprint density at radius 2 is 2.33 bits per heavy atom. The van der Waals surface area contributed by atoms with E-state index in [0.717, 1.165) is 5.69 Å². The number of aromatic nitrogens is 3. The van der Waals surface area contributed by atoms with E-state index in [4.69, 9.17) is 10.3 Å². The van der Waals surface area contributed by atoms with E-state index in [2.05, 4.69) is 20.4 Å². The molecule has 0 spiro atoms. The van der Waals surface area contributed by atoms with Crippen molar-refractivity contribution in [3.8, 4) is 0 Å². The number of rotatable bonds is 5. The Hall–Kier alpha value is -2.28. The maximum Gasteiger partial charge on any atom is 0.293 e. The summed E-state index contributed by atoms with van der Waals surface area (Å²) in [7, 11) is 0. The van der Waals surface area contributed by atoms with Crippen LogP contribution >= 0.6 is 0 Å². The van der Waals surface area contributed by atoms with Crippen LogP contribution in [0.2, 0.25) is 0 Å². The van der Waals surface area contributed by atoms with E-state index in [1.807, 2.05) is 18.2 Å². The quantitative estimate of drug-likeness (QED) is 0.763. The van der Waals surface area contributed by atoms with Crippen molar-refractivity contribution in [1.29, 1.82) is 0 Å². The predicted octanol–water partition coefficient (Wildman–Crippen LogP) is -0.104. The number of carbonyl (C=O) groups is 1. The second-order valence-corrected chi connectivity index (χ2v) is 3.55. The van der Waals surface area contributed by atoms with Gasteiger partial charge in [0.2, 0.25) is 5.89 Å². The van der Waals surface area contributed by atoms with Crippen LogP contribution in [0.25, 0.3) is 0 Å². The first-order valence-corrected chi connectivity index (χ1v) is 5.50. The summed E-state index contributed by atoms with van der Waals surface area (Å²) < 4.78 is 4.86. The number of pyridine rings is 1. The van der Waals surface area contributed by atoms with Crippen molar-refractivity contribution >= 4 is 5.91 Å². The first-order chi connectivity index (χ1) is 8.79. The lowest BCUT2D eigenvalue weighted by atomic mass is 10.3. The molecule has 2 rings (SSSR count). The standard InChI is InChI=1S/C11H13N5O2/c12-5-4-9-15-10(16-18-9)11(17)14-7-8-3-1-2-6-13-8/h1-3,6H,4-5,7,12H2,(H,14,17). The van der Waals surface area contributed by atoms with Crippen LogP contribution in [-0.4, -0.2) is 27.6 Å². The van der Waals surface area contributed by atoms with Gasteiger partial charge in [0.15, 0.2) is 0 Å². The van der Waals surface area contributed by atoms with E-state index in [9.17, 15) is 4.79 Å². The highest BCUT2D eigenvalue weighted by Gasteiger charge is 2.13. The summed E-state index contributed by atoms with van der Waals surface area (Å²) in [6, 6.07) is 5.47. The lowest BCUT2D eigenvalue weighted by Gasteiger charge is -2.00. The summed E-state index contributed by atoms with van der Waals surface area (Å²) in [4.78, 5) is 19.7. The first kappa shape index (κ1) is 12.2. The van der Waals surface area contributed by atoms with Crippen molar-refractivity contribution in [1.82, 2.24) is 20.4 Å². The van der Waals surface area contributed by atoms with Gasteiger partial charge in [0.1, 0.15) is 0 Å². The molecule has 2 aromatic heterocycles. The van der Waals surface area contributed by atoms with E-state index in [-0.39, 0.29) is 5.82 Å². The van der Waals surface area contributed by atoms with Gasteiger partial charge in [0.25, 0.3) is 11.7 Å². The maximum absolute atomic E-state index is 11.7. The van der Waals surface area contributed by atoms with Gasteiger partial charge >= 0.3 is 0 Å². The Balaban J connectivity index is 1.91. The zero-order chi connectivity index (χ0) is 12.8. The maximum atomic E-state index is 11.7. The third-order valence-electron chi connectivity index (χ3n) is 2.19. The lowest BCUT2D eigenvalue weighted by molar-refractivity contribution is 0.0937. The SMILES string of the molecule is NCCc1nc(C(=O)NCc2ccccn2)no1. The van der Waals surface area contributed by atoms with Crippen LogP contribution in [0.15, 0.2) is 28.9 Å². The van der Waals surface area contributed by atoms with Crippen molar-refractivity contribution in [3.63, 3.8) is 0 Å². The number of nitrogens with zero attached hydrogens (tertiary/aromatic N) is 3. The molecular weight excluding hydrogens is 234 g/mol. The zero-order valence-corrected chi connectivity index (χ0v) is 9.67. The van der Waals surface area contributed by atoms with E-state index < -0.39 is 5.91 Å². The molecule has 2 aromatic rings. The molecule has 0 unspecified atom stereocenters. The van der Waals surface area contributed by atoms with Crippen molar-refractivity contribution < 1.29 is 9.32 Å². The van der Waals surface area contributed by atoms with E-state index in [1.165, 1.54) is 0 Å². The number of hydrogen-bond donors (Lipinski definition) is 2. The van der Waals surface area contributed by atoms with Gasteiger partial charge in [-0.05, 0) is 12.1 Å². The summed E-state index contributed by atoms with van der Waals surface area (Å²) in [5.41, 5.74) is 6.10. The minimum atomic E-state index is -0.396. The fraction of sp³-hybridized carbons (Fsp3) is 0.273. The Labute approximate surface area is 103 Å². The van der Waals surface area contributed by atoms with Gasteiger partial charge in [0.05, 0.1) is 12.2 Å². The Bertz CT molecular complexity index is 511. The molecule has 0 saturated carbocycles. The molecular formula is C11H13N5O2. The first-order valence-electron chi connectivity index (χ1n) is 5.50. The van der Waals surface area contributed by atoms with E-state index in [1.54, 1.807) is 6.20 Å². The molecule has 3 N–H and O–H groups in total. The second kappa shape index (κ2) is 5.87. The van der Waals surface area contributed by atoms with Crippen molar-refractivity contribution in [3.05, 3.63) is 41.8 Å². The highest BCUT2D eigenvalue weighted by atomic mass is 16.5. The number of hydrogen-bond acceptors (Lipinski definition) is 6. The topological polar surface area (TPSA) is 107 Å². The molecule has 0 aliphatic carbocycles. The molecule has 0 radical (unpaired) electrons. The molecule has 1 amide bonds. The summed E-state index contributed by atoms with van der Waals surface area (Å²) in [5.74, 6) is -0.0254. The zero-order valence-electron chi connectivity index (χ0n) is 9.67. The van der Waals surface area contributed by atoms with Crippen LogP contribution in [0.4, 0.5) is 0 Å². The van der Waals surface area contributed by atoms with Crippen LogP contribution in [0, 0.1) is 0 Å². The summed E-state index contributed by atoms with van der Waals surface area (Å²) in [6.07, 6.45) is 2.12. The second-order valence-electron chi connectivity index (χ2n) is 3.55. The number of nitrogens with one attached hydrogen (secondary N) is 1. The van der Waals surface area contributed by atoms with Crippen LogP contribution in [0.3, 0.4) is 0 Å². The molecule has 0 bridgehead atoms. The molecule has 0 aliphatic rings. The number of nitrogens with two attached hydrogens (primary N) is 1. The Morgan fingerprint density at radius 1 is 1.44 bits per heavy atom. The van der Waals surface area contributed by atoms with Gasteiger partial charge in [-0.3, -0.25) is 9.78 Å². The molecule has 0 aliphatic heterocycles. The average molecular weight is 247 g/mol. The minimum Gasteiger partial charge on any atom is -0.344 e. The van der Waals surface area contributed by atoms with Gasteiger partial charge in [-0.2, -0.15) is 4.98 Å². The van der Waals surface area contributed by atoms with Gasteiger partial charge in [0, 0.05) is 19.2 Å². The van der Waals surface area contributed by atoms with E-state index >= 15 is 0 Å². The molecule has 7 nitrogen and oxygen atoms in total. The van der Waals surface area contributed by atoms with Crippen LogP contribution < -0.4 is 11.1 Å². The van der Waals surface area contributed by atoms with Crippen LogP contribution in [-0.2, 0) is 13.0 Å². The molecule has 0 atom stereocenters. The van der Waals surface area contributed by atoms with Crippen molar-refractivity contribution in [2.45, 2.75) is 13.0 Å². The summed E-state index contributed by atoms with van der Waals surface area (Å²) in [6.45, 7) is 0.720.